The van der Waals surface area contributed by atoms with Gasteiger partial charge in [-0.2, -0.15) is 0 Å². The molecule has 5 nitrogen and oxygen atoms in total. The fraction of sp³-hybridized carbons (Fsp3) is 0.556. The van der Waals surface area contributed by atoms with Gasteiger partial charge in [-0.15, -0.1) is 0 Å². The normalized spacial score (nSPS) is 24.4. The maximum atomic E-state index is 11.3. The molecule has 0 spiro atoms. The highest BCUT2D eigenvalue weighted by Gasteiger charge is 2.35. The van der Waals surface area contributed by atoms with E-state index in [2.05, 4.69) is 15.2 Å². The zero-order valence-electron chi connectivity index (χ0n) is 13.8. The van der Waals surface area contributed by atoms with Crippen molar-refractivity contribution in [3.05, 3.63) is 35.4 Å². The molecule has 0 aromatic heterocycles. The Balaban J connectivity index is 1.60. The van der Waals surface area contributed by atoms with Gasteiger partial charge in [0.1, 0.15) is 0 Å². The zero-order valence-corrected chi connectivity index (χ0v) is 13.8. The first kappa shape index (κ1) is 15.8. The van der Waals surface area contributed by atoms with E-state index in [1.165, 1.54) is 25.7 Å². The van der Waals surface area contributed by atoms with Gasteiger partial charge < -0.3 is 16.0 Å². The number of primary amides is 1. The van der Waals surface area contributed by atoms with Crippen molar-refractivity contribution in [2.24, 2.45) is 22.6 Å². The molecular weight excluding hydrogens is 288 g/mol. The van der Waals surface area contributed by atoms with Crippen molar-refractivity contribution in [3.63, 3.8) is 0 Å². The summed E-state index contributed by atoms with van der Waals surface area (Å²) in [5.41, 5.74) is 6.93. The van der Waals surface area contributed by atoms with E-state index in [-0.39, 0.29) is 5.91 Å². The molecule has 2 aliphatic rings. The Bertz CT molecular complexity index is 584. The van der Waals surface area contributed by atoms with Crippen LogP contribution in [0.3, 0.4) is 0 Å². The molecule has 3 rings (SSSR count). The van der Waals surface area contributed by atoms with E-state index in [1.807, 2.05) is 25.2 Å². The Morgan fingerprint density at radius 3 is 2.61 bits per heavy atom. The largest absolute Gasteiger partial charge is 0.366 e. The minimum atomic E-state index is -0.389. The molecule has 1 aliphatic heterocycles. The first-order chi connectivity index (χ1) is 11.2. The average Bonchev–Trinajstić information content (AvgIpc) is 2.99. The number of nitrogens with two attached hydrogens (primary N) is 1. The van der Waals surface area contributed by atoms with Gasteiger partial charge in [-0.05, 0) is 42.4 Å². The second-order valence-corrected chi connectivity index (χ2v) is 6.67. The number of carbonyl (C=O) groups is 1. The van der Waals surface area contributed by atoms with Crippen molar-refractivity contribution in [1.82, 2.24) is 10.2 Å². The fourth-order valence-electron chi connectivity index (χ4n) is 3.93. The van der Waals surface area contributed by atoms with E-state index in [4.69, 9.17) is 5.73 Å². The molecule has 23 heavy (non-hydrogen) atoms. The number of guanidine groups is 1. The van der Waals surface area contributed by atoms with Gasteiger partial charge in [0, 0.05) is 32.2 Å². The lowest BCUT2D eigenvalue weighted by Crippen LogP contribution is -2.39. The topological polar surface area (TPSA) is 70.7 Å². The highest BCUT2D eigenvalue weighted by molar-refractivity contribution is 5.92. The summed E-state index contributed by atoms with van der Waals surface area (Å²) < 4.78 is 0. The van der Waals surface area contributed by atoms with Gasteiger partial charge >= 0.3 is 0 Å². The number of hydrogen-bond donors (Lipinski definition) is 2. The Morgan fingerprint density at radius 2 is 2.00 bits per heavy atom. The van der Waals surface area contributed by atoms with Crippen molar-refractivity contribution in [1.29, 1.82) is 0 Å². The molecule has 1 amide bonds. The van der Waals surface area contributed by atoms with Crippen LogP contribution in [0.5, 0.6) is 0 Å². The molecule has 5 heteroatoms. The van der Waals surface area contributed by atoms with Crippen molar-refractivity contribution < 1.29 is 4.79 Å². The van der Waals surface area contributed by atoms with Crippen LogP contribution in [-0.2, 0) is 6.54 Å². The van der Waals surface area contributed by atoms with Crippen LogP contribution in [-0.4, -0.2) is 36.9 Å². The highest BCUT2D eigenvalue weighted by Crippen LogP contribution is 2.35. The number of benzene rings is 1. The third kappa shape index (κ3) is 3.66. The minimum Gasteiger partial charge on any atom is -0.366 e. The number of amides is 1. The van der Waals surface area contributed by atoms with Gasteiger partial charge in [-0.1, -0.05) is 25.0 Å². The number of nitrogens with zero attached hydrogens (tertiary/aromatic N) is 2. The van der Waals surface area contributed by atoms with E-state index in [0.29, 0.717) is 12.1 Å². The lowest BCUT2D eigenvalue weighted by molar-refractivity contribution is 0.1000. The zero-order chi connectivity index (χ0) is 16.2. The fourth-order valence-corrected chi connectivity index (χ4v) is 3.93. The van der Waals surface area contributed by atoms with Crippen molar-refractivity contribution in [2.75, 3.05) is 20.1 Å². The van der Waals surface area contributed by atoms with Gasteiger partial charge in [0.05, 0.1) is 0 Å². The maximum absolute atomic E-state index is 11.3. The van der Waals surface area contributed by atoms with Crippen LogP contribution in [0.2, 0.25) is 0 Å². The number of hydrogen-bond acceptors (Lipinski definition) is 2. The standard InChI is InChI=1S/C18H26N4O/c1-20-18(22-11-15-6-2-3-7-16(15)12-22)21-10-13-5-4-8-14(9-13)17(19)23/h4-5,8-9,15-16H,2-3,6-7,10-12H2,1H3,(H2,19,23)(H,20,21). The highest BCUT2D eigenvalue weighted by atomic mass is 16.1. The molecule has 0 bridgehead atoms. The summed E-state index contributed by atoms with van der Waals surface area (Å²) in [4.78, 5) is 18.1. The van der Waals surface area contributed by atoms with Gasteiger partial charge in [0.2, 0.25) is 5.91 Å². The number of nitrogens with one attached hydrogen (secondary N) is 1. The lowest BCUT2D eigenvalue weighted by Gasteiger charge is -2.22. The quantitative estimate of drug-likeness (QED) is 0.662. The summed E-state index contributed by atoms with van der Waals surface area (Å²) >= 11 is 0. The van der Waals surface area contributed by atoms with Crippen LogP contribution in [0.4, 0.5) is 0 Å². The first-order valence-corrected chi connectivity index (χ1v) is 8.51. The van der Waals surface area contributed by atoms with Crippen molar-refractivity contribution in [2.45, 2.75) is 32.2 Å². The predicted molar refractivity (Wildman–Crippen MR) is 92.2 cm³/mol. The molecule has 1 aromatic carbocycles. The summed E-state index contributed by atoms with van der Waals surface area (Å²) in [6, 6.07) is 7.44. The molecule has 124 valence electrons. The SMILES string of the molecule is CN=C(NCc1cccc(C(N)=O)c1)N1CC2CCCCC2C1. The minimum absolute atomic E-state index is 0.389. The summed E-state index contributed by atoms with van der Waals surface area (Å²) in [6.07, 6.45) is 5.47. The Hall–Kier alpha value is -2.04. The summed E-state index contributed by atoms with van der Waals surface area (Å²) in [5.74, 6) is 2.24. The molecule has 1 saturated carbocycles. The van der Waals surface area contributed by atoms with Gasteiger partial charge in [-0.3, -0.25) is 9.79 Å². The molecule has 1 saturated heterocycles. The average molecular weight is 314 g/mol. The molecule has 1 aliphatic carbocycles. The molecule has 2 atom stereocenters. The van der Waals surface area contributed by atoms with Crippen LogP contribution in [0.25, 0.3) is 0 Å². The van der Waals surface area contributed by atoms with Crippen LogP contribution in [0, 0.1) is 11.8 Å². The lowest BCUT2D eigenvalue weighted by atomic mass is 9.82. The van der Waals surface area contributed by atoms with E-state index >= 15 is 0 Å². The predicted octanol–water partition coefficient (Wildman–Crippen LogP) is 1.98. The number of carbonyl (C=O) groups excluding carboxylic acids is 1. The van der Waals surface area contributed by atoms with Crippen molar-refractivity contribution >= 4 is 11.9 Å². The van der Waals surface area contributed by atoms with E-state index in [0.717, 1.165) is 36.4 Å². The van der Waals surface area contributed by atoms with E-state index in [9.17, 15) is 4.79 Å². The second kappa shape index (κ2) is 7.02. The van der Waals surface area contributed by atoms with Crippen LogP contribution < -0.4 is 11.1 Å². The maximum Gasteiger partial charge on any atom is 0.248 e. The second-order valence-electron chi connectivity index (χ2n) is 6.67. The monoisotopic (exact) mass is 314 g/mol. The van der Waals surface area contributed by atoms with Crippen molar-refractivity contribution in [3.8, 4) is 0 Å². The van der Waals surface area contributed by atoms with E-state index in [1.54, 1.807) is 6.07 Å². The number of rotatable bonds is 3. The van der Waals surface area contributed by atoms with Gasteiger partial charge in [-0.25, -0.2) is 0 Å². The summed E-state index contributed by atoms with van der Waals surface area (Å²) in [6.45, 7) is 2.89. The third-order valence-electron chi connectivity index (χ3n) is 5.15. The molecule has 2 unspecified atom stereocenters. The Labute approximate surface area is 138 Å². The number of fused-ring (bicyclic) bond motifs is 1. The number of aliphatic imine (C=N–C) groups is 1. The van der Waals surface area contributed by atoms with Gasteiger partial charge in [0.25, 0.3) is 0 Å². The molecular formula is C18H26N4O. The third-order valence-corrected chi connectivity index (χ3v) is 5.15. The van der Waals surface area contributed by atoms with E-state index < -0.39 is 0 Å². The summed E-state index contributed by atoms with van der Waals surface area (Å²) in [7, 11) is 1.84. The van der Waals surface area contributed by atoms with Gasteiger partial charge in [0.15, 0.2) is 5.96 Å². The molecule has 3 N–H and O–H groups in total. The molecule has 1 heterocycles. The van der Waals surface area contributed by atoms with Crippen LogP contribution in [0.15, 0.2) is 29.3 Å². The smallest absolute Gasteiger partial charge is 0.248 e. The molecule has 0 radical (unpaired) electrons. The summed E-state index contributed by atoms with van der Waals surface area (Å²) in [5, 5.41) is 3.43. The molecule has 2 fully saturated rings. The first-order valence-electron chi connectivity index (χ1n) is 8.51. The number of likely N-dealkylation sites (tertiary alicyclic amines) is 1. The molecule has 1 aromatic rings. The van der Waals surface area contributed by atoms with Crippen LogP contribution >= 0.6 is 0 Å². The Kier molecular flexibility index (Phi) is 4.84. The Morgan fingerprint density at radius 1 is 1.30 bits per heavy atom. The van der Waals surface area contributed by atoms with Crippen LogP contribution in [0.1, 0.15) is 41.6 Å².